The molecule has 0 atom stereocenters. The number of nitrogens with one attached hydrogen (secondary N) is 1. The van der Waals surface area contributed by atoms with E-state index in [0.29, 0.717) is 34.4 Å². The molecule has 180 valence electrons. The molecule has 0 fully saturated rings. The fraction of sp³-hybridized carbons (Fsp3) is 0.103. The Labute approximate surface area is 219 Å². The Bertz CT molecular complexity index is 1470. The number of hydrogen-bond acceptors (Lipinski definition) is 4. The summed E-state index contributed by atoms with van der Waals surface area (Å²) in [5, 5.41) is 15.2. The highest BCUT2D eigenvalue weighted by Gasteiger charge is 2.15. The Hall–Kier alpha value is -3.98. The van der Waals surface area contributed by atoms with Crippen LogP contribution in [-0.2, 0) is 11.4 Å². The van der Waals surface area contributed by atoms with Gasteiger partial charge in [-0.1, -0.05) is 65.7 Å². The summed E-state index contributed by atoms with van der Waals surface area (Å²) in [6, 6.07) is 26.0. The molecule has 0 aromatic heterocycles. The molecule has 4 aromatic rings. The highest BCUT2D eigenvalue weighted by molar-refractivity contribution is 6.36. The number of fused-ring (bicyclic) bond motifs is 1. The fourth-order valence-corrected chi connectivity index (χ4v) is 4.28. The molecule has 1 N–H and O–H groups in total. The second-order valence-electron chi connectivity index (χ2n) is 7.81. The molecule has 36 heavy (non-hydrogen) atoms. The third-order valence-electron chi connectivity index (χ3n) is 5.38. The Balaban J connectivity index is 1.59. The zero-order valence-electron chi connectivity index (χ0n) is 19.4. The summed E-state index contributed by atoms with van der Waals surface area (Å²) >= 11 is 12.7. The molecule has 0 spiro atoms. The summed E-state index contributed by atoms with van der Waals surface area (Å²) in [5.41, 5.74) is 1.80. The van der Waals surface area contributed by atoms with Gasteiger partial charge in [-0.25, -0.2) is 0 Å². The number of benzene rings is 4. The number of anilines is 1. The molecule has 0 radical (unpaired) electrons. The summed E-state index contributed by atoms with van der Waals surface area (Å²) in [5.74, 6) is 0.446. The molecular weight excluding hydrogens is 495 g/mol. The first kappa shape index (κ1) is 25.1. The minimum atomic E-state index is -0.572. The second kappa shape index (κ2) is 11.6. The molecule has 0 unspecified atom stereocenters. The van der Waals surface area contributed by atoms with Crippen LogP contribution < -0.4 is 14.8 Å². The van der Waals surface area contributed by atoms with E-state index in [1.54, 1.807) is 36.4 Å². The number of carbonyl (C=O) groups excluding carboxylic acids is 1. The molecule has 5 nitrogen and oxygen atoms in total. The van der Waals surface area contributed by atoms with Crippen LogP contribution in [0.1, 0.15) is 18.1 Å². The maximum Gasteiger partial charge on any atom is 0.266 e. The number of amides is 1. The number of hydrogen-bond donors (Lipinski definition) is 1. The van der Waals surface area contributed by atoms with Crippen LogP contribution in [-0.4, -0.2) is 12.5 Å². The smallest absolute Gasteiger partial charge is 0.266 e. The summed E-state index contributed by atoms with van der Waals surface area (Å²) in [6.45, 7) is 2.67. The lowest BCUT2D eigenvalue weighted by atomic mass is 10.1. The molecule has 0 heterocycles. The summed E-state index contributed by atoms with van der Waals surface area (Å²) in [6.07, 6.45) is 1.42. The first-order valence-electron chi connectivity index (χ1n) is 11.2. The highest BCUT2D eigenvalue weighted by atomic mass is 35.5. The van der Waals surface area contributed by atoms with E-state index in [0.717, 1.165) is 16.3 Å². The third-order valence-corrected chi connectivity index (χ3v) is 5.88. The molecule has 0 saturated carbocycles. The van der Waals surface area contributed by atoms with Crippen molar-refractivity contribution in [2.75, 3.05) is 11.9 Å². The molecule has 0 saturated heterocycles. The Morgan fingerprint density at radius 3 is 2.50 bits per heavy atom. The lowest BCUT2D eigenvalue weighted by Crippen LogP contribution is -2.13. The number of carbonyl (C=O) groups is 1. The lowest BCUT2D eigenvalue weighted by Gasteiger charge is -2.14. The van der Waals surface area contributed by atoms with Gasteiger partial charge in [0.25, 0.3) is 5.91 Å². The maximum atomic E-state index is 12.8. The van der Waals surface area contributed by atoms with Crippen molar-refractivity contribution in [2.45, 2.75) is 13.5 Å². The van der Waals surface area contributed by atoms with E-state index in [2.05, 4.69) is 5.32 Å². The van der Waals surface area contributed by atoms with Crippen LogP contribution in [0.5, 0.6) is 11.5 Å². The van der Waals surface area contributed by atoms with Gasteiger partial charge in [0.1, 0.15) is 29.7 Å². The van der Waals surface area contributed by atoms with Crippen LogP contribution in [0, 0.1) is 11.3 Å². The van der Waals surface area contributed by atoms with Gasteiger partial charge in [0.05, 0.1) is 11.6 Å². The molecule has 0 aliphatic rings. The van der Waals surface area contributed by atoms with Gasteiger partial charge in [0.15, 0.2) is 0 Å². The van der Waals surface area contributed by atoms with Gasteiger partial charge in [0, 0.05) is 16.3 Å². The average Bonchev–Trinajstić information content (AvgIpc) is 2.88. The van der Waals surface area contributed by atoms with Crippen molar-refractivity contribution in [1.29, 1.82) is 5.26 Å². The van der Waals surface area contributed by atoms with Gasteiger partial charge in [0.2, 0.25) is 0 Å². The molecule has 0 aliphatic carbocycles. The number of nitriles is 1. The first-order chi connectivity index (χ1) is 17.5. The van der Waals surface area contributed by atoms with Gasteiger partial charge >= 0.3 is 0 Å². The molecule has 4 rings (SSSR count). The molecule has 0 bridgehead atoms. The summed E-state index contributed by atoms with van der Waals surface area (Å²) in [7, 11) is 0. The summed E-state index contributed by atoms with van der Waals surface area (Å²) < 4.78 is 11.5. The van der Waals surface area contributed by atoms with E-state index in [-0.39, 0.29) is 17.2 Å². The number of ether oxygens (including phenoxy) is 2. The maximum absolute atomic E-state index is 12.8. The quantitative estimate of drug-likeness (QED) is 0.192. The number of rotatable bonds is 8. The zero-order chi connectivity index (χ0) is 25.5. The summed E-state index contributed by atoms with van der Waals surface area (Å²) in [4.78, 5) is 12.8. The van der Waals surface area contributed by atoms with Crippen molar-refractivity contribution in [2.24, 2.45) is 0 Å². The van der Waals surface area contributed by atoms with Crippen LogP contribution in [0.2, 0.25) is 10.0 Å². The van der Waals surface area contributed by atoms with E-state index >= 15 is 0 Å². The van der Waals surface area contributed by atoms with Crippen molar-refractivity contribution >= 4 is 51.6 Å². The van der Waals surface area contributed by atoms with Crippen molar-refractivity contribution in [3.63, 3.8) is 0 Å². The molecule has 0 aliphatic heterocycles. The largest absolute Gasteiger partial charge is 0.494 e. The monoisotopic (exact) mass is 516 g/mol. The van der Waals surface area contributed by atoms with Crippen molar-refractivity contribution in [1.82, 2.24) is 0 Å². The Kier molecular flexibility index (Phi) is 8.12. The van der Waals surface area contributed by atoms with Crippen LogP contribution in [0.25, 0.3) is 16.8 Å². The van der Waals surface area contributed by atoms with E-state index in [1.165, 1.54) is 6.08 Å². The van der Waals surface area contributed by atoms with Gasteiger partial charge in [-0.2, -0.15) is 5.26 Å². The van der Waals surface area contributed by atoms with Crippen LogP contribution in [0.15, 0.2) is 84.4 Å². The van der Waals surface area contributed by atoms with Crippen molar-refractivity contribution in [3.8, 4) is 17.6 Å². The van der Waals surface area contributed by atoms with Crippen LogP contribution in [0.3, 0.4) is 0 Å². The zero-order valence-corrected chi connectivity index (χ0v) is 20.9. The van der Waals surface area contributed by atoms with E-state index < -0.39 is 5.91 Å². The Morgan fingerprint density at radius 2 is 1.75 bits per heavy atom. The average molecular weight is 517 g/mol. The first-order valence-corrected chi connectivity index (χ1v) is 12.0. The minimum absolute atomic E-state index is 0.128. The van der Waals surface area contributed by atoms with Gasteiger partial charge < -0.3 is 14.8 Å². The predicted molar refractivity (Wildman–Crippen MR) is 145 cm³/mol. The van der Waals surface area contributed by atoms with Crippen LogP contribution >= 0.6 is 23.2 Å². The van der Waals surface area contributed by atoms with Gasteiger partial charge in [-0.15, -0.1) is 0 Å². The number of halogens is 2. The van der Waals surface area contributed by atoms with E-state index in [4.69, 9.17) is 32.7 Å². The van der Waals surface area contributed by atoms with E-state index in [1.807, 2.05) is 55.5 Å². The van der Waals surface area contributed by atoms with Gasteiger partial charge in [-0.3, -0.25) is 4.79 Å². The third kappa shape index (κ3) is 5.98. The number of nitrogens with zero attached hydrogens (tertiary/aromatic N) is 1. The normalized spacial score (nSPS) is 11.1. The minimum Gasteiger partial charge on any atom is -0.494 e. The topological polar surface area (TPSA) is 71.3 Å². The molecule has 4 aromatic carbocycles. The molecule has 7 heteroatoms. The Morgan fingerprint density at radius 1 is 1.00 bits per heavy atom. The SMILES string of the molecule is CCOc1ccc(NC(=O)/C(C#N)=C/c2cc(Cl)cc(Cl)c2OCc2cccc3ccccc23)cc1. The van der Waals surface area contributed by atoms with Crippen LogP contribution in [0.4, 0.5) is 5.69 Å². The lowest BCUT2D eigenvalue weighted by molar-refractivity contribution is -0.112. The predicted octanol–water partition coefficient (Wildman–Crippen LogP) is 7.67. The molecular formula is C29H22Cl2N2O3. The highest BCUT2D eigenvalue weighted by Crippen LogP contribution is 2.35. The van der Waals surface area contributed by atoms with E-state index in [9.17, 15) is 10.1 Å². The van der Waals surface area contributed by atoms with Crippen molar-refractivity contribution < 1.29 is 14.3 Å². The van der Waals surface area contributed by atoms with Gasteiger partial charge in [-0.05, 0) is 65.7 Å². The fourth-order valence-electron chi connectivity index (χ4n) is 3.71. The van der Waals surface area contributed by atoms with Crippen molar-refractivity contribution in [3.05, 3.63) is 106 Å². The molecule has 1 amide bonds. The standard InChI is InChI=1S/C29H22Cl2N2O3/c1-2-35-25-12-10-24(11-13-25)33-29(34)22(17-32)14-21-15-23(30)16-27(31)28(21)36-18-20-8-5-7-19-6-3-4-9-26(19)20/h3-16H,2,18H2,1H3,(H,33,34)/b22-14+. The second-order valence-corrected chi connectivity index (χ2v) is 8.66.